The Bertz CT molecular complexity index is 219. The molecule has 2 heteroatoms. The number of hydrogen-bond donors (Lipinski definition) is 0. The fourth-order valence-electron chi connectivity index (χ4n) is 3.36. The molecule has 4 atom stereocenters. The highest BCUT2D eigenvalue weighted by molar-refractivity contribution is 14.1. The molecule has 0 N–H and O–H groups in total. The first-order chi connectivity index (χ1) is 8.29. The molecule has 0 saturated heterocycles. The summed E-state index contributed by atoms with van der Waals surface area (Å²) in [6, 6.07) is 0. The molecule has 0 spiro atoms. The van der Waals surface area contributed by atoms with Gasteiger partial charge in [0.05, 0.1) is 12.2 Å². The molecule has 0 aliphatic heterocycles. The van der Waals surface area contributed by atoms with Crippen LogP contribution in [-0.2, 0) is 4.74 Å². The standard InChI is InChI=1S/C15H27IO/c1-2-12-7-6-8-13(11-12)17-15-10-5-3-4-9-14(15)16/h12-15H,2-11H2,1H3. The van der Waals surface area contributed by atoms with E-state index in [-0.39, 0.29) is 0 Å². The third kappa shape index (κ3) is 4.38. The first-order valence-corrected chi connectivity index (χ1v) is 8.83. The van der Waals surface area contributed by atoms with Crippen LogP contribution in [0.4, 0.5) is 0 Å². The number of ether oxygens (including phenoxy) is 1. The van der Waals surface area contributed by atoms with Gasteiger partial charge in [0.2, 0.25) is 0 Å². The minimum absolute atomic E-state index is 0.554. The fourth-order valence-corrected chi connectivity index (χ4v) is 4.33. The third-order valence-corrected chi connectivity index (χ3v) is 5.98. The largest absolute Gasteiger partial charge is 0.374 e. The zero-order valence-electron chi connectivity index (χ0n) is 11.2. The van der Waals surface area contributed by atoms with E-state index in [9.17, 15) is 0 Å². The van der Waals surface area contributed by atoms with Gasteiger partial charge in [0.15, 0.2) is 0 Å². The molecule has 4 unspecified atom stereocenters. The molecule has 17 heavy (non-hydrogen) atoms. The van der Waals surface area contributed by atoms with Crippen LogP contribution < -0.4 is 0 Å². The van der Waals surface area contributed by atoms with Crippen molar-refractivity contribution in [1.29, 1.82) is 0 Å². The second-order valence-electron chi connectivity index (χ2n) is 5.89. The average Bonchev–Trinajstić information content (AvgIpc) is 2.55. The summed E-state index contributed by atoms with van der Waals surface area (Å²) in [5.74, 6) is 0.937. The zero-order chi connectivity index (χ0) is 12.1. The van der Waals surface area contributed by atoms with E-state index in [0.717, 1.165) is 9.84 Å². The van der Waals surface area contributed by atoms with Crippen molar-refractivity contribution in [2.45, 2.75) is 87.3 Å². The lowest BCUT2D eigenvalue weighted by Crippen LogP contribution is -2.32. The highest BCUT2D eigenvalue weighted by atomic mass is 127. The van der Waals surface area contributed by atoms with Gasteiger partial charge >= 0.3 is 0 Å². The van der Waals surface area contributed by atoms with Crippen LogP contribution in [0.15, 0.2) is 0 Å². The van der Waals surface area contributed by atoms with Crippen LogP contribution in [0.25, 0.3) is 0 Å². The maximum Gasteiger partial charge on any atom is 0.0696 e. The molecule has 2 aliphatic rings. The van der Waals surface area contributed by atoms with E-state index in [1.165, 1.54) is 64.2 Å². The van der Waals surface area contributed by atoms with Gasteiger partial charge in [0.25, 0.3) is 0 Å². The number of hydrogen-bond acceptors (Lipinski definition) is 1. The lowest BCUT2D eigenvalue weighted by atomic mass is 9.85. The van der Waals surface area contributed by atoms with Crippen LogP contribution in [0, 0.1) is 5.92 Å². The Hall–Kier alpha value is 0.690. The predicted molar refractivity (Wildman–Crippen MR) is 81.8 cm³/mol. The highest BCUT2D eigenvalue weighted by Gasteiger charge is 2.28. The number of rotatable bonds is 3. The van der Waals surface area contributed by atoms with Crippen molar-refractivity contribution in [3.8, 4) is 0 Å². The van der Waals surface area contributed by atoms with Gasteiger partial charge in [-0.2, -0.15) is 0 Å². The van der Waals surface area contributed by atoms with Crippen molar-refractivity contribution >= 4 is 22.6 Å². The van der Waals surface area contributed by atoms with E-state index < -0.39 is 0 Å². The molecule has 2 saturated carbocycles. The van der Waals surface area contributed by atoms with Gasteiger partial charge in [0.1, 0.15) is 0 Å². The van der Waals surface area contributed by atoms with E-state index in [1.54, 1.807) is 0 Å². The first kappa shape index (κ1) is 14.1. The van der Waals surface area contributed by atoms with Gasteiger partial charge in [-0.25, -0.2) is 0 Å². The Morgan fingerprint density at radius 1 is 1.00 bits per heavy atom. The Labute approximate surface area is 120 Å². The smallest absolute Gasteiger partial charge is 0.0696 e. The molecule has 0 aromatic rings. The molecule has 0 heterocycles. The van der Waals surface area contributed by atoms with Crippen molar-refractivity contribution in [3.05, 3.63) is 0 Å². The van der Waals surface area contributed by atoms with Gasteiger partial charge < -0.3 is 4.74 Å². The molecule has 2 rings (SSSR count). The molecule has 0 aromatic heterocycles. The van der Waals surface area contributed by atoms with Gasteiger partial charge in [-0.3, -0.25) is 0 Å². The Morgan fingerprint density at radius 3 is 2.65 bits per heavy atom. The number of alkyl halides is 1. The Kier molecular flexibility index (Phi) is 6.07. The second kappa shape index (κ2) is 7.32. The second-order valence-corrected chi connectivity index (χ2v) is 7.49. The molecule has 0 amide bonds. The molecule has 100 valence electrons. The maximum absolute atomic E-state index is 6.45. The summed E-state index contributed by atoms with van der Waals surface area (Å²) in [6.07, 6.45) is 14.8. The van der Waals surface area contributed by atoms with Gasteiger partial charge in [-0.15, -0.1) is 0 Å². The Morgan fingerprint density at radius 2 is 1.82 bits per heavy atom. The normalized spacial score (nSPS) is 39.9. The van der Waals surface area contributed by atoms with Crippen molar-refractivity contribution < 1.29 is 4.74 Å². The van der Waals surface area contributed by atoms with Crippen LogP contribution in [-0.4, -0.2) is 16.1 Å². The summed E-state index contributed by atoms with van der Waals surface area (Å²) < 4.78 is 7.21. The summed E-state index contributed by atoms with van der Waals surface area (Å²) in [6.45, 7) is 2.33. The van der Waals surface area contributed by atoms with Crippen LogP contribution in [0.5, 0.6) is 0 Å². The lowest BCUT2D eigenvalue weighted by Gasteiger charge is -2.33. The fraction of sp³-hybridized carbons (Fsp3) is 1.00. The van der Waals surface area contributed by atoms with Crippen LogP contribution >= 0.6 is 22.6 Å². The van der Waals surface area contributed by atoms with Crippen molar-refractivity contribution in [2.24, 2.45) is 5.92 Å². The molecule has 0 aromatic carbocycles. The van der Waals surface area contributed by atoms with Gasteiger partial charge in [-0.05, 0) is 31.6 Å². The minimum atomic E-state index is 0.554. The summed E-state index contributed by atoms with van der Waals surface area (Å²) in [5, 5.41) is 0. The van der Waals surface area contributed by atoms with Gasteiger partial charge in [0, 0.05) is 3.92 Å². The average molecular weight is 350 g/mol. The van der Waals surface area contributed by atoms with Crippen LogP contribution in [0.2, 0.25) is 0 Å². The predicted octanol–water partition coefficient (Wildman–Crippen LogP) is 5.11. The number of halogens is 1. The van der Waals surface area contributed by atoms with E-state index in [1.807, 2.05) is 0 Å². The highest BCUT2D eigenvalue weighted by Crippen LogP contribution is 2.33. The first-order valence-electron chi connectivity index (χ1n) is 7.59. The molecule has 2 aliphatic carbocycles. The monoisotopic (exact) mass is 350 g/mol. The van der Waals surface area contributed by atoms with E-state index in [2.05, 4.69) is 29.5 Å². The molecule has 0 radical (unpaired) electrons. The maximum atomic E-state index is 6.45. The van der Waals surface area contributed by atoms with Crippen molar-refractivity contribution in [1.82, 2.24) is 0 Å². The summed E-state index contributed by atoms with van der Waals surface area (Å²) in [4.78, 5) is 0. The lowest BCUT2D eigenvalue weighted by molar-refractivity contribution is -0.0416. The van der Waals surface area contributed by atoms with Crippen LogP contribution in [0.3, 0.4) is 0 Å². The Balaban J connectivity index is 1.81. The summed E-state index contributed by atoms with van der Waals surface area (Å²) >= 11 is 2.63. The quantitative estimate of drug-likeness (QED) is 0.391. The van der Waals surface area contributed by atoms with E-state index >= 15 is 0 Å². The molecular weight excluding hydrogens is 323 g/mol. The van der Waals surface area contributed by atoms with Gasteiger partial charge in [-0.1, -0.05) is 68.0 Å². The minimum Gasteiger partial charge on any atom is -0.374 e. The third-order valence-electron chi connectivity index (χ3n) is 4.55. The van der Waals surface area contributed by atoms with Crippen molar-refractivity contribution in [2.75, 3.05) is 0 Å². The van der Waals surface area contributed by atoms with E-state index in [4.69, 9.17) is 4.74 Å². The van der Waals surface area contributed by atoms with Crippen molar-refractivity contribution in [3.63, 3.8) is 0 Å². The van der Waals surface area contributed by atoms with Crippen LogP contribution in [0.1, 0.15) is 71.1 Å². The SMILES string of the molecule is CCC1CCCC(OC2CCCCCC2I)C1. The molecular formula is C15H27IO. The molecule has 0 bridgehead atoms. The molecule has 1 nitrogen and oxygen atoms in total. The zero-order valence-corrected chi connectivity index (χ0v) is 13.3. The molecule has 2 fully saturated rings. The summed E-state index contributed by atoms with van der Waals surface area (Å²) in [5.41, 5.74) is 0. The van der Waals surface area contributed by atoms with E-state index in [0.29, 0.717) is 12.2 Å². The topological polar surface area (TPSA) is 9.23 Å². The summed E-state index contributed by atoms with van der Waals surface area (Å²) in [7, 11) is 0.